The highest BCUT2D eigenvalue weighted by atomic mass is 19.1. The Morgan fingerprint density at radius 1 is 1.17 bits per heavy atom. The summed E-state index contributed by atoms with van der Waals surface area (Å²) in [4.78, 5) is 16.8. The predicted octanol–water partition coefficient (Wildman–Crippen LogP) is 1.24. The number of amides is 1. The minimum absolute atomic E-state index is 0.0784. The second-order valence-corrected chi connectivity index (χ2v) is 6.18. The van der Waals surface area contributed by atoms with E-state index in [1.54, 1.807) is 19.2 Å². The summed E-state index contributed by atoms with van der Waals surface area (Å²) < 4.78 is 19.5. The quantitative estimate of drug-likeness (QED) is 0.910. The standard InChI is InChI=1S/C17H24FN3O2/c1-23-17(6-8-19-9-7-17)16(22)21-12-10-20(11-13-21)15-5-3-2-4-14(15)18/h2-5,19H,6-13H2,1H3. The Balaban J connectivity index is 1.64. The van der Waals surface area contributed by atoms with Crippen molar-refractivity contribution in [3.8, 4) is 0 Å². The molecule has 0 aliphatic carbocycles. The number of hydrogen-bond acceptors (Lipinski definition) is 4. The van der Waals surface area contributed by atoms with Gasteiger partial charge in [0.25, 0.3) is 5.91 Å². The predicted molar refractivity (Wildman–Crippen MR) is 87.0 cm³/mol. The number of piperazine rings is 1. The number of nitrogens with zero attached hydrogens (tertiary/aromatic N) is 2. The number of hydrogen-bond donors (Lipinski definition) is 1. The molecule has 5 nitrogen and oxygen atoms in total. The van der Waals surface area contributed by atoms with Gasteiger partial charge in [-0.05, 0) is 38.1 Å². The van der Waals surface area contributed by atoms with E-state index in [0.29, 0.717) is 44.7 Å². The van der Waals surface area contributed by atoms with E-state index in [0.717, 1.165) is 13.1 Å². The Hall–Kier alpha value is -1.66. The van der Waals surface area contributed by atoms with Gasteiger partial charge < -0.3 is 19.9 Å². The van der Waals surface area contributed by atoms with E-state index in [9.17, 15) is 9.18 Å². The third-order valence-electron chi connectivity index (χ3n) is 4.95. The largest absolute Gasteiger partial charge is 0.368 e. The van der Waals surface area contributed by atoms with Gasteiger partial charge in [-0.2, -0.15) is 0 Å². The molecule has 1 aromatic rings. The summed E-state index contributed by atoms with van der Waals surface area (Å²) in [5.74, 6) is -0.131. The SMILES string of the molecule is COC1(C(=O)N2CCN(c3ccccc3F)CC2)CCNCC1. The summed E-state index contributed by atoms with van der Waals surface area (Å²) in [5.41, 5.74) is -0.0753. The monoisotopic (exact) mass is 321 g/mol. The maximum atomic E-state index is 13.9. The molecule has 2 saturated heterocycles. The van der Waals surface area contributed by atoms with Gasteiger partial charge in [0, 0.05) is 33.3 Å². The maximum Gasteiger partial charge on any atom is 0.255 e. The van der Waals surface area contributed by atoms with Crippen molar-refractivity contribution < 1.29 is 13.9 Å². The molecule has 2 aliphatic rings. The lowest BCUT2D eigenvalue weighted by Gasteiger charge is -2.42. The highest BCUT2D eigenvalue weighted by Gasteiger charge is 2.43. The van der Waals surface area contributed by atoms with Gasteiger partial charge in [-0.3, -0.25) is 4.79 Å². The third kappa shape index (κ3) is 3.19. The van der Waals surface area contributed by atoms with Crippen LogP contribution in [0.3, 0.4) is 0 Å². The smallest absolute Gasteiger partial charge is 0.255 e. The molecule has 6 heteroatoms. The van der Waals surface area contributed by atoms with Crippen LogP contribution in [0.15, 0.2) is 24.3 Å². The molecule has 1 aromatic carbocycles. The van der Waals surface area contributed by atoms with Crippen LogP contribution < -0.4 is 10.2 Å². The average Bonchev–Trinajstić information content (AvgIpc) is 2.62. The molecule has 0 bridgehead atoms. The summed E-state index contributed by atoms with van der Waals surface area (Å²) in [6.45, 7) is 4.09. The molecule has 126 valence electrons. The van der Waals surface area contributed by atoms with E-state index in [1.165, 1.54) is 6.07 Å². The van der Waals surface area contributed by atoms with Crippen LogP contribution in [0.5, 0.6) is 0 Å². The van der Waals surface area contributed by atoms with E-state index >= 15 is 0 Å². The molecule has 3 rings (SSSR count). The van der Waals surface area contributed by atoms with E-state index < -0.39 is 5.60 Å². The summed E-state index contributed by atoms with van der Waals surface area (Å²) in [6.07, 6.45) is 1.41. The van der Waals surface area contributed by atoms with E-state index in [2.05, 4.69) is 5.32 Å². The summed E-state index contributed by atoms with van der Waals surface area (Å²) in [6, 6.07) is 6.79. The van der Waals surface area contributed by atoms with Gasteiger partial charge in [0.15, 0.2) is 0 Å². The number of carbonyl (C=O) groups excluding carboxylic acids is 1. The Morgan fingerprint density at radius 3 is 2.43 bits per heavy atom. The van der Waals surface area contributed by atoms with Crippen LogP contribution in [-0.4, -0.2) is 62.8 Å². The van der Waals surface area contributed by atoms with Crippen LogP contribution in [0.4, 0.5) is 10.1 Å². The van der Waals surface area contributed by atoms with E-state index in [1.807, 2.05) is 15.9 Å². The molecule has 1 amide bonds. The fourth-order valence-electron chi connectivity index (χ4n) is 3.48. The molecule has 0 atom stereocenters. The fourth-order valence-corrected chi connectivity index (χ4v) is 3.48. The normalized spacial score (nSPS) is 21.3. The number of benzene rings is 1. The first-order valence-electron chi connectivity index (χ1n) is 8.21. The zero-order valence-corrected chi connectivity index (χ0v) is 13.6. The minimum Gasteiger partial charge on any atom is -0.368 e. The molecular formula is C17H24FN3O2. The number of rotatable bonds is 3. The first-order valence-corrected chi connectivity index (χ1v) is 8.21. The molecule has 0 radical (unpaired) electrons. The molecule has 1 N–H and O–H groups in total. The van der Waals surface area contributed by atoms with Gasteiger partial charge in [-0.25, -0.2) is 4.39 Å². The zero-order chi connectivity index (χ0) is 16.3. The highest BCUT2D eigenvalue weighted by molar-refractivity contribution is 5.85. The first-order chi connectivity index (χ1) is 11.2. The second kappa shape index (κ2) is 6.84. The Morgan fingerprint density at radius 2 is 1.83 bits per heavy atom. The van der Waals surface area contributed by atoms with Crippen molar-refractivity contribution in [2.24, 2.45) is 0 Å². The lowest BCUT2D eigenvalue weighted by atomic mass is 9.90. The Bertz CT molecular complexity index is 553. The molecule has 23 heavy (non-hydrogen) atoms. The Kier molecular flexibility index (Phi) is 4.82. The van der Waals surface area contributed by atoms with Crippen molar-refractivity contribution in [2.45, 2.75) is 18.4 Å². The van der Waals surface area contributed by atoms with Crippen molar-refractivity contribution >= 4 is 11.6 Å². The zero-order valence-electron chi connectivity index (χ0n) is 13.6. The minimum atomic E-state index is -0.689. The lowest BCUT2D eigenvalue weighted by molar-refractivity contribution is -0.158. The van der Waals surface area contributed by atoms with Gasteiger partial charge in [0.2, 0.25) is 0 Å². The molecule has 0 aromatic heterocycles. The van der Waals surface area contributed by atoms with Crippen LogP contribution in [0.2, 0.25) is 0 Å². The summed E-state index contributed by atoms with van der Waals surface area (Å²) in [5, 5.41) is 3.27. The number of ether oxygens (including phenoxy) is 1. The Labute approximate surface area is 136 Å². The fraction of sp³-hybridized carbons (Fsp3) is 0.588. The number of halogens is 1. The molecule has 2 aliphatic heterocycles. The van der Waals surface area contributed by atoms with Crippen molar-refractivity contribution in [1.82, 2.24) is 10.2 Å². The summed E-state index contributed by atoms with van der Waals surface area (Å²) in [7, 11) is 1.62. The van der Waals surface area contributed by atoms with Gasteiger partial charge in [-0.1, -0.05) is 12.1 Å². The maximum absolute atomic E-state index is 13.9. The van der Waals surface area contributed by atoms with Crippen LogP contribution in [0, 0.1) is 5.82 Å². The number of methoxy groups -OCH3 is 1. The first kappa shape index (κ1) is 16.2. The number of piperidine rings is 1. The molecule has 2 fully saturated rings. The number of para-hydroxylation sites is 1. The molecule has 2 heterocycles. The van der Waals surface area contributed by atoms with Crippen LogP contribution in [0.25, 0.3) is 0 Å². The van der Waals surface area contributed by atoms with E-state index in [4.69, 9.17) is 4.74 Å². The van der Waals surface area contributed by atoms with Gasteiger partial charge >= 0.3 is 0 Å². The van der Waals surface area contributed by atoms with Crippen molar-refractivity contribution in [1.29, 1.82) is 0 Å². The van der Waals surface area contributed by atoms with Crippen molar-refractivity contribution in [3.05, 3.63) is 30.1 Å². The van der Waals surface area contributed by atoms with Crippen LogP contribution >= 0.6 is 0 Å². The molecular weight excluding hydrogens is 297 g/mol. The molecule has 0 unspecified atom stereocenters. The van der Waals surface area contributed by atoms with Crippen molar-refractivity contribution in [3.63, 3.8) is 0 Å². The van der Waals surface area contributed by atoms with Crippen LogP contribution in [0.1, 0.15) is 12.8 Å². The lowest BCUT2D eigenvalue weighted by Crippen LogP contribution is -2.59. The van der Waals surface area contributed by atoms with Crippen molar-refractivity contribution in [2.75, 3.05) is 51.3 Å². The summed E-state index contributed by atoms with van der Waals surface area (Å²) >= 11 is 0. The van der Waals surface area contributed by atoms with Gasteiger partial charge in [0.05, 0.1) is 5.69 Å². The van der Waals surface area contributed by atoms with Gasteiger partial charge in [-0.15, -0.1) is 0 Å². The number of carbonyl (C=O) groups is 1. The van der Waals surface area contributed by atoms with Gasteiger partial charge in [0.1, 0.15) is 11.4 Å². The topological polar surface area (TPSA) is 44.8 Å². The van der Waals surface area contributed by atoms with E-state index in [-0.39, 0.29) is 11.7 Å². The van der Waals surface area contributed by atoms with Crippen LogP contribution in [-0.2, 0) is 9.53 Å². The number of anilines is 1. The average molecular weight is 321 g/mol. The number of nitrogens with one attached hydrogen (secondary N) is 1. The second-order valence-electron chi connectivity index (χ2n) is 6.18. The third-order valence-corrected chi connectivity index (χ3v) is 4.95. The molecule has 0 saturated carbocycles. The highest BCUT2D eigenvalue weighted by Crippen LogP contribution is 2.27. The molecule has 0 spiro atoms.